The molecule has 338 valence electrons. The first-order valence-electron chi connectivity index (χ1n) is 24.2. The van der Waals surface area contributed by atoms with E-state index in [0.29, 0.717) is 41.3 Å². The Kier molecular flexibility index (Phi) is 11.8. The van der Waals surface area contributed by atoms with Crippen LogP contribution in [0.3, 0.4) is 0 Å². The van der Waals surface area contributed by atoms with Gasteiger partial charge in [0.1, 0.15) is 29.3 Å². The molecule has 9 heterocycles. The topological polar surface area (TPSA) is 95.0 Å². The molecule has 0 aliphatic carbocycles. The van der Waals surface area contributed by atoms with Gasteiger partial charge in [0.05, 0.1) is 37.3 Å². The zero-order valence-corrected chi connectivity index (χ0v) is 38.6. The molecule has 10 atom stereocenters. The minimum Gasteiger partial charge on any atom is -0.497 e. The van der Waals surface area contributed by atoms with Crippen LogP contribution in [0.4, 0.5) is 0 Å². The van der Waals surface area contributed by atoms with Crippen LogP contribution in [0, 0.1) is 23.7 Å². The Balaban J connectivity index is 1.13. The smallest absolute Gasteiger partial charge is 0.229 e. The van der Waals surface area contributed by atoms with Crippen molar-refractivity contribution in [3.05, 3.63) is 133 Å². The molecule has 10 heteroatoms. The molecular weight excluding hydrogens is 821 g/mol. The Labute approximate surface area is 388 Å². The predicted octanol–water partition coefficient (Wildman–Crippen LogP) is 11.4. The molecule has 4 bridgehead atoms. The number of hydrogen-bond acceptors (Lipinski definition) is 10. The van der Waals surface area contributed by atoms with Crippen molar-refractivity contribution in [1.82, 2.24) is 29.7 Å². The molecule has 0 spiro atoms. The number of piperidine rings is 6. The van der Waals surface area contributed by atoms with E-state index in [1.807, 2.05) is 54.9 Å². The summed E-state index contributed by atoms with van der Waals surface area (Å²) in [6.45, 7) is 8.88. The summed E-state index contributed by atoms with van der Waals surface area (Å²) in [7, 11) is 3.44. The minimum atomic E-state index is -0.393. The second kappa shape index (κ2) is 18.3. The minimum absolute atomic E-state index is 0.106. The summed E-state index contributed by atoms with van der Waals surface area (Å²) < 4.78 is 27.2. The number of benzene rings is 4. The van der Waals surface area contributed by atoms with Gasteiger partial charge in [-0.25, -0.2) is 0 Å². The molecule has 4 aromatic carbocycles. The third-order valence-corrected chi connectivity index (χ3v) is 15.6. The van der Waals surface area contributed by atoms with Crippen LogP contribution in [0.15, 0.2) is 122 Å². The SMILES string of the molecule is CCC1CN2CC[C@H]1CC2[C@H](Oc1nc(-c2ccccc2)nc(O[C@H](c2ccnc3ccc(OC)cc23)[C@@H]2CC3CCN2C[C@@H]3CC)c1-c1ccccc1)c1ccnc2ccc(OC)cc12. The Morgan fingerprint density at radius 2 is 1.05 bits per heavy atom. The van der Waals surface area contributed by atoms with Crippen molar-refractivity contribution in [2.75, 3.05) is 40.4 Å². The van der Waals surface area contributed by atoms with Gasteiger partial charge in [-0.15, -0.1) is 0 Å². The third-order valence-electron chi connectivity index (χ3n) is 15.6. The Hall–Kier alpha value is -6.10. The maximum atomic E-state index is 7.76. The number of fused-ring (bicyclic) bond motifs is 8. The fourth-order valence-corrected chi connectivity index (χ4v) is 12.1. The van der Waals surface area contributed by atoms with Gasteiger partial charge in [-0.2, -0.15) is 9.97 Å². The number of pyridine rings is 2. The Morgan fingerprint density at radius 3 is 1.47 bits per heavy atom. The standard InChI is InChI=1S/C56H60N6O4/c1-5-35-33-61-27-23-39(35)29-49(61)52(43-21-25-57-47-19-17-41(63-3)31-45(43)47)65-55-51(37-13-9-7-10-14-37)56(60-54(59-55)38-15-11-8-12-16-38)66-53(50-30-40-24-28-62(50)34-36(40)6-2)44-22-26-58-48-20-18-42(64-4)32-46(44)48/h7-22,25-26,31-32,35-36,39-40,49-50,52-53H,5-6,23-24,27-30,33-34H2,1-4H3/t35-,36?,39?,40-,49-,50?,52+,53+/m0/s1. The van der Waals surface area contributed by atoms with Gasteiger partial charge < -0.3 is 18.9 Å². The van der Waals surface area contributed by atoms with E-state index < -0.39 is 12.2 Å². The molecule has 6 aliphatic rings. The van der Waals surface area contributed by atoms with Crippen molar-refractivity contribution in [3.8, 4) is 45.8 Å². The largest absolute Gasteiger partial charge is 0.497 e. The molecule has 0 saturated carbocycles. The molecular formula is C56H60N6O4. The second-order valence-corrected chi connectivity index (χ2v) is 18.9. The van der Waals surface area contributed by atoms with Crippen LogP contribution in [-0.2, 0) is 0 Å². The quantitative estimate of drug-likeness (QED) is 0.105. The number of rotatable bonds is 14. The Bertz CT molecular complexity index is 2680. The summed E-state index contributed by atoms with van der Waals surface area (Å²) in [5.41, 5.74) is 6.48. The van der Waals surface area contributed by atoms with Gasteiger partial charge in [-0.1, -0.05) is 87.4 Å². The van der Waals surface area contributed by atoms with Gasteiger partial charge in [0.25, 0.3) is 0 Å². The first-order chi connectivity index (χ1) is 32.5. The summed E-state index contributed by atoms with van der Waals surface area (Å²) in [5, 5.41) is 2.02. The van der Waals surface area contributed by atoms with Gasteiger partial charge in [-0.3, -0.25) is 19.8 Å². The summed E-state index contributed by atoms with van der Waals surface area (Å²) in [4.78, 5) is 26.0. The van der Waals surface area contributed by atoms with Crippen molar-refractivity contribution in [2.45, 2.75) is 76.7 Å². The van der Waals surface area contributed by atoms with Crippen LogP contribution >= 0.6 is 0 Å². The zero-order chi connectivity index (χ0) is 44.7. The molecule has 66 heavy (non-hydrogen) atoms. The second-order valence-electron chi connectivity index (χ2n) is 18.9. The van der Waals surface area contributed by atoms with E-state index in [1.165, 1.54) is 25.7 Å². The lowest BCUT2D eigenvalue weighted by atomic mass is 9.72. The first kappa shape index (κ1) is 42.5. The molecule has 10 nitrogen and oxygen atoms in total. The lowest BCUT2D eigenvalue weighted by Gasteiger charge is -2.52. The summed E-state index contributed by atoms with van der Waals surface area (Å²) in [6.07, 6.45) is 9.90. The summed E-state index contributed by atoms with van der Waals surface area (Å²) in [5.74, 6) is 5.70. The zero-order valence-electron chi connectivity index (χ0n) is 38.6. The van der Waals surface area contributed by atoms with Crippen LogP contribution in [0.25, 0.3) is 44.3 Å². The van der Waals surface area contributed by atoms with Crippen LogP contribution in [0.5, 0.6) is 23.3 Å². The maximum Gasteiger partial charge on any atom is 0.229 e. The van der Waals surface area contributed by atoms with Gasteiger partial charge >= 0.3 is 0 Å². The van der Waals surface area contributed by atoms with Gasteiger partial charge in [0.2, 0.25) is 11.8 Å². The fourth-order valence-electron chi connectivity index (χ4n) is 12.1. The van der Waals surface area contributed by atoms with Gasteiger partial charge in [0, 0.05) is 52.9 Å². The van der Waals surface area contributed by atoms with Gasteiger partial charge in [0.15, 0.2) is 5.82 Å². The number of aromatic nitrogens is 4. The number of methoxy groups -OCH3 is 2. The van der Waals surface area contributed by atoms with Crippen LogP contribution in [0.1, 0.15) is 75.7 Å². The molecule has 6 fully saturated rings. The predicted molar refractivity (Wildman–Crippen MR) is 260 cm³/mol. The van der Waals surface area contributed by atoms with Crippen molar-refractivity contribution in [2.24, 2.45) is 23.7 Å². The van der Waals surface area contributed by atoms with Crippen LogP contribution in [-0.4, -0.2) is 82.2 Å². The lowest BCUT2D eigenvalue weighted by molar-refractivity contribution is -0.0510. The van der Waals surface area contributed by atoms with Crippen LogP contribution < -0.4 is 18.9 Å². The number of hydrogen-bond donors (Lipinski definition) is 0. The number of nitrogens with zero attached hydrogens (tertiary/aromatic N) is 6. The highest BCUT2D eigenvalue weighted by molar-refractivity contribution is 5.85. The molecule has 13 rings (SSSR count). The summed E-state index contributed by atoms with van der Waals surface area (Å²) >= 11 is 0. The van der Waals surface area contributed by atoms with Gasteiger partial charge in [-0.05, 0) is 117 Å². The van der Waals surface area contributed by atoms with Crippen molar-refractivity contribution in [3.63, 3.8) is 0 Å². The molecule has 6 aliphatic heterocycles. The van der Waals surface area contributed by atoms with E-state index in [-0.39, 0.29) is 12.1 Å². The van der Waals surface area contributed by atoms with E-state index >= 15 is 0 Å². The first-order valence-corrected chi connectivity index (χ1v) is 24.2. The van der Waals surface area contributed by atoms with E-state index in [0.717, 1.165) is 100 Å². The molecule has 7 aromatic rings. The molecule has 5 unspecified atom stereocenters. The molecule has 6 saturated heterocycles. The van der Waals surface area contributed by atoms with Crippen molar-refractivity contribution >= 4 is 21.8 Å². The highest BCUT2D eigenvalue weighted by Crippen LogP contribution is 2.50. The average molecular weight is 881 g/mol. The highest BCUT2D eigenvalue weighted by Gasteiger charge is 2.47. The van der Waals surface area contributed by atoms with Crippen LogP contribution in [0.2, 0.25) is 0 Å². The van der Waals surface area contributed by atoms with E-state index in [2.05, 4.69) is 90.4 Å². The molecule has 0 radical (unpaired) electrons. The van der Waals surface area contributed by atoms with Crippen molar-refractivity contribution < 1.29 is 18.9 Å². The fraction of sp³-hybridized carbons (Fsp3) is 0.393. The third kappa shape index (κ3) is 7.91. The normalized spacial score (nSPS) is 25.4. The van der Waals surface area contributed by atoms with Crippen molar-refractivity contribution in [1.29, 1.82) is 0 Å². The van der Waals surface area contributed by atoms with E-state index in [9.17, 15) is 0 Å². The monoisotopic (exact) mass is 880 g/mol. The molecule has 0 N–H and O–H groups in total. The average Bonchev–Trinajstić information content (AvgIpc) is 3.39. The summed E-state index contributed by atoms with van der Waals surface area (Å²) in [6, 6.07) is 37.4. The van der Waals surface area contributed by atoms with E-state index in [4.69, 9.17) is 38.9 Å². The maximum absolute atomic E-state index is 7.76. The van der Waals surface area contributed by atoms with E-state index in [1.54, 1.807) is 14.2 Å². The Morgan fingerprint density at radius 1 is 0.576 bits per heavy atom. The highest BCUT2D eigenvalue weighted by atomic mass is 16.5. The lowest BCUT2D eigenvalue weighted by Crippen LogP contribution is -2.56. The molecule has 0 amide bonds. The number of ether oxygens (including phenoxy) is 4. The molecule has 3 aromatic heterocycles.